The van der Waals surface area contributed by atoms with Gasteiger partial charge >= 0.3 is 0 Å². The second kappa shape index (κ2) is 5.05. The van der Waals surface area contributed by atoms with E-state index in [1.165, 1.54) is 18.2 Å². The quantitative estimate of drug-likeness (QED) is 0.532. The summed E-state index contributed by atoms with van der Waals surface area (Å²) in [4.78, 5) is 10.1. The van der Waals surface area contributed by atoms with Crippen LogP contribution in [0, 0.1) is 10.1 Å². The van der Waals surface area contributed by atoms with Crippen molar-refractivity contribution in [1.29, 1.82) is 0 Å². The lowest BCUT2D eigenvalue weighted by Gasteiger charge is -2.09. The van der Waals surface area contributed by atoms with E-state index >= 15 is 0 Å². The zero-order chi connectivity index (χ0) is 13.1. The Morgan fingerprint density at radius 2 is 1.89 bits per heavy atom. The van der Waals surface area contributed by atoms with E-state index < -0.39 is 4.92 Å². The molecule has 92 valence electrons. The second-order valence-electron chi connectivity index (χ2n) is 3.51. The summed E-state index contributed by atoms with van der Waals surface area (Å²) in [7, 11) is 0. The lowest BCUT2D eigenvalue weighted by Crippen LogP contribution is -1.93. The van der Waals surface area contributed by atoms with Crippen LogP contribution in [0.5, 0.6) is 11.5 Å². The number of benzene rings is 2. The Bertz CT molecular complexity index is 602. The van der Waals surface area contributed by atoms with E-state index in [1.807, 2.05) is 0 Å². The van der Waals surface area contributed by atoms with Crippen LogP contribution in [0.2, 0.25) is 0 Å². The van der Waals surface area contributed by atoms with E-state index in [0.29, 0.717) is 21.7 Å². The molecule has 0 aliphatic rings. The Morgan fingerprint density at radius 3 is 2.50 bits per heavy atom. The number of anilines is 1. The van der Waals surface area contributed by atoms with Crippen molar-refractivity contribution in [2.45, 2.75) is 0 Å². The maximum absolute atomic E-state index is 10.6. The van der Waals surface area contributed by atoms with Crippen LogP contribution < -0.4 is 10.5 Å². The number of ether oxygens (including phenoxy) is 1. The number of para-hydroxylation sites is 2. The highest BCUT2D eigenvalue weighted by Gasteiger charge is 2.11. The molecule has 0 saturated heterocycles. The van der Waals surface area contributed by atoms with Crippen molar-refractivity contribution in [3.8, 4) is 11.5 Å². The van der Waals surface area contributed by atoms with Crippen LogP contribution >= 0.6 is 15.9 Å². The lowest BCUT2D eigenvalue weighted by molar-refractivity contribution is -0.384. The summed E-state index contributed by atoms with van der Waals surface area (Å²) in [6, 6.07) is 11.3. The van der Waals surface area contributed by atoms with Crippen LogP contribution in [0.15, 0.2) is 46.9 Å². The van der Waals surface area contributed by atoms with Crippen molar-refractivity contribution in [2.75, 3.05) is 5.73 Å². The van der Waals surface area contributed by atoms with Crippen LogP contribution in [0.4, 0.5) is 11.4 Å². The average Bonchev–Trinajstić information content (AvgIpc) is 2.34. The van der Waals surface area contributed by atoms with Gasteiger partial charge in [0.1, 0.15) is 11.5 Å². The molecule has 2 rings (SSSR count). The number of hydrogen-bond donors (Lipinski definition) is 1. The van der Waals surface area contributed by atoms with E-state index in [0.717, 1.165) is 0 Å². The fourth-order valence-electron chi connectivity index (χ4n) is 1.38. The second-order valence-corrected chi connectivity index (χ2v) is 4.37. The summed E-state index contributed by atoms with van der Waals surface area (Å²) in [5.41, 5.74) is 6.25. The predicted octanol–water partition coefficient (Wildman–Crippen LogP) is 3.73. The molecule has 0 atom stereocenters. The van der Waals surface area contributed by atoms with Crippen LogP contribution in [-0.4, -0.2) is 4.92 Å². The number of nitrogen functional groups attached to an aromatic ring is 1. The fraction of sp³-hybridized carbons (Fsp3) is 0. The van der Waals surface area contributed by atoms with Gasteiger partial charge in [0.2, 0.25) is 0 Å². The van der Waals surface area contributed by atoms with Crippen LogP contribution in [0.3, 0.4) is 0 Å². The molecule has 0 bridgehead atoms. The molecule has 2 N–H and O–H groups in total. The first-order valence-corrected chi connectivity index (χ1v) is 5.83. The minimum atomic E-state index is -0.467. The van der Waals surface area contributed by atoms with Gasteiger partial charge in [0.05, 0.1) is 15.1 Å². The van der Waals surface area contributed by atoms with Gasteiger partial charge in [-0.25, -0.2) is 0 Å². The zero-order valence-corrected chi connectivity index (χ0v) is 10.8. The summed E-state index contributed by atoms with van der Waals surface area (Å²) in [5, 5.41) is 10.6. The Hall–Kier alpha value is -2.08. The van der Waals surface area contributed by atoms with Crippen molar-refractivity contribution < 1.29 is 9.66 Å². The summed E-state index contributed by atoms with van der Waals surface area (Å²) < 4.78 is 6.08. The van der Waals surface area contributed by atoms with Crippen LogP contribution in [0.25, 0.3) is 0 Å². The molecule has 0 aromatic heterocycles. The molecule has 2 aromatic carbocycles. The fourth-order valence-corrected chi connectivity index (χ4v) is 1.83. The number of non-ortho nitro benzene ring substituents is 1. The van der Waals surface area contributed by atoms with Gasteiger partial charge in [-0.1, -0.05) is 12.1 Å². The van der Waals surface area contributed by atoms with Crippen LogP contribution in [-0.2, 0) is 0 Å². The monoisotopic (exact) mass is 308 g/mol. The average molecular weight is 309 g/mol. The molecule has 0 fully saturated rings. The number of nitro benzene ring substituents is 1. The third-order valence-electron chi connectivity index (χ3n) is 2.27. The van der Waals surface area contributed by atoms with Gasteiger partial charge in [-0.15, -0.1) is 0 Å². The molecule has 2 aromatic rings. The van der Waals surface area contributed by atoms with Gasteiger partial charge in [0.25, 0.3) is 5.69 Å². The summed E-state index contributed by atoms with van der Waals surface area (Å²) >= 11 is 3.23. The minimum Gasteiger partial charge on any atom is -0.454 e. The van der Waals surface area contributed by atoms with Crippen molar-refractivity contribution in [3.05, 3.63) is 57.1 Å². The molecular weight excluding hydrogens is 300 g/mol. The number of nitrogens with two attached hydrogens (primary N) is 1. The highest BCUT2D eigenvalue weighted by Crippen LogP contribution is 2.34. The summed E-state index contributed by atoms with van der Waals surface area (Å²) in [5.74, 6) is 0.977. The topological polar surface area (TPSA) is 78.4 Å². The van der Waals surface area contributed by atoms with E-state index in [4.69, 9.17) is 10.5 Å². The number of halogens is 1. The Morgan fingerprint density at radius 1 is 1.17 bits per heavy atom. The van der Waals surface area contributed by atoms with Crippen molar-refractivity contribution >= 4 is 27.3 Å². The standard InChI is InChI=1S/C12H9BrN2O3/c13-9-7-8(15(16)17)5-6-11(9)18-12-4-2-1-3-10(12)14/h1-7H,14H2. The largest absolute Gasteiger partial charge is 0.454 e. The van der Waals surface area contributed by atoms with Gasteiger partial charge in [0, 0.05) is 12.1 Å². The SMILES string of the molecule is Nc1ccccc1Oc1ccc([N+](=O)[O-])cc1Br. The molecule has 0 amide bonds. The molecule has 5 nitrogen and oxygen atoms in total. The highest BCUT2D eigenvalue weighted by molar-refractivity contribution is 9.10. The molecular formula is C12H9BrN2O3. The minimum absolute atomic E-state index is 0.00439. The molecule has 0 aliphatic heterocycles. The maximum atomic E-state index is 10.6. The van der Waals surface area contributed by atoms with Crippen LogP contribution in [0.1, 0.15) is 0 Å². The summed E-state index contributed by atoms with van der Waals surface area (Å²) in [6.45, 7) is 0. The molecule has 0 spiro atoms. The Kier molecular flexibility index (Phi) is 3.47. The third-order valence-corrected chi connectivity index (χ3v) is 2.88. The predicted molar refractivity (Wildman–Crippen MR) is 71.7 cm³/mol. The first-order chi connectivity index (χ1) is 8.58. The molecule has 18 heavy (non-hydrogen) atoms. The van der Waals surface area contributed by atoms with Gasteiger partial charge in [-0.05, 0) is 34.1 Å². The van der Waals surface area contributed by atoms with E-state index in [-0.39, 0.29) is 5.69 Å². The molecule has 0 unspecified atom stereocenters. The Balaban J connectivity index is 2.30. The molecule has 0 saturated carbocycles. The molecule has 0 heterocycles. The van der Waals surface area contributed by atoms with Crippen molar-refractivity contribution in [1.82, 2.24) is 0 Å². The number of hydrogen-bond acceptors (Lipinski definition) is 4. The first kappa shape index (κ1) is 12.4. The van der Waals surface area contributed by atoms with E-state index in [1.54, 1.807) is 24.3 Å². The van der Waals surface area contributed by atoms with Gasteiger partial charge < -0.3 is 10.5 Å². The highest BCUT2D eigenvalue weighted by atomic mass is 79.9. The normalized spacial score (nSPS) is 10.1. The molecule has 0 radical (unpaired) electrons. The molecule has 6 heteroatoms. The first-order valence-electron chi connectivity index (χ1n) is 5.04. The van der Waals surface area contributed by atoms with E-state index in [9.17, 15) is 10.1 Å². The number of rotatable bonds is 3. The zero-order valence-electron chi connectivity index (χ0n) is 9.17. The van der Waals surface area contributed by atoms with Crippen molar-refractivity contribution in [3.63, 3.8) is 0 Å². The lowest BCUT2D eigenvalue weighted by atomic mass is 10.3. The third kappa shape index (κ3) is 2.60. The number of nitrogens with zero attached hydrogens (tertiary/aromatic N) is 1. The number of nitro groups is 1. The van der Waals surface area contributed by atoms with Crippen molar-refractivity contribution in [2.24, 2.45) is 0 Å². The Labute approximate surface area is 111 Å². The van der Waals surface area contributed by atoms with Gasteiger partial charge in [-0.3, -0.25) is 10.1 Å². The van der Waals surface area contributed by atoms with Gasteiger partial charge in [-0.2, -0.15) is 0 Å². The smallest absolute Gasteiger partial charge is 0.270 e. The maximum Gasteiger partial charge on any atom is 0.270 e. The summed E-state index contributed by atoms with van der Waals surface area (Å²) in [6.07, 6.45) is 0. The molecule has 0 aliphatic carbocycles. The van der Waals surface area contributed by atoms with Gasteiger partial charge in [0.15, 0.2) is 0 Å². The van der Waals surface area contributed by atoms with E-state index in [2.05, 4.69) is 15.9 Å².